The Morgan fingerprint density at radius 3 is 2.39 bits per heavy atom. The zero-order valence-electron chi connectivity index (χ0n) is 9.16. The van der Waals surface area contributed by atoms with Gasteiger partial charge in [-0.15, -0.1) is 0 Å². The molecule has 0 spiro atoms. The summed E-state index contributed by atoms with van der Waals surface area (Å²) in [5.74, 6) is 0. The number of nitrogens with one attached hydrogen (secondary N) is 2. The Bertz CT molecular complexity index is 502. The molecule has 0 bridgehead atoms. The first-order valence-electron chi connectivity index (χ1n) is 4.85. The van der Waals surface area contributed by atoms with Crippen LogP contribution in [0.25, 0.3) is 0 Å². The number of rotatable bonds is 5. The molecule has 0 aliphatic rings. The van der Waals surface area contributed by atoms with Gasteiger partial charge in [0.1, 0.15) is 6.54 Å². The Morgan fingerprint density at radius 1 is 1.22 bits per heavy atom. The fraction of sp³-hybridized carbons (Fsp3) is 0.333. The predicted octanol–water partition coefficient (Wildman–Crippen LogP) is 0.954. The molecule has 18 heavy (non-hydrogen) atoms. The maximum atomic E-state index is 11.9. The Morgan fingerprint density at radius 2 is 1.83 bits per heavy atom. The Labute approximate surface area is 102 Å². The van der Waals surface area contributed by atoms with Crippen LogP contribution in [0.4, 0.5) is 18.9 Å². The van der Waals surface area contributed by atoms with E-state index >= 15 is 0 Å². The van der Waals surface area contributed by atoms with Gasteiger partial charge in [0.15, 0.2) is 0 Å². The van der Waals surface area contributed by atoms with Crippen LogP contribution >= 0.6 is 0 Å². The third-order valence-corrected chi connectivity index (χ3v) is 2.96. The average Bonchev–Trinajstić information content (AvgIpc) is 2.26. The summed E-state index contributed by atoms with van der Waals surface area (Å²) in [5.41, 5.74) is 6.01. The fourth-order valence-electron chi connectivity index (χ4n) is 1.16. The van der Waals surface area contributed by atoms with Crippen LogP contribution < -0.4 is 15.2 Å². The number of hydrogen-bond donors (Lipinski definition) is 3. The van der Waals surface area contributed by atoms with Crippen LogP contribution in [-0.4, -0.2) is 21.1 Å². The van der Waals surface area contributed by atoms with Gasteiger partial charge >= 0.3 is 6.18 Å². The molecular weight excluding hydrogens is 271 g/mol. The van der Waals surface area contributed by atoms with E-state index in [1.165, 1.54) is 10.8 Å². The first-order valence-corrected chi connectivity index (χ1v) is 6.34. The van der Waals surface area contributed by atoms with E-state index in [2.05, 4.69) is 0 Å². The van der Waals surface area contributed by atoms with Crippen molar-refractivity contribution in [2.24, 2.45) is 5.73 Å². The number of benzene rings is 1. The summed E-state index contributed by atoms with van der Waals surface area (Å²) >= 11 is 0. The van der Waals surface area contributed by atoms with Crippen molar-refractivity contribution in [1.82, 2.24) is 4.72 Å². The molecule has 0 atom stereocenters. The van der Waals surface area contributed by atoms with Gasteiger partial charge in [0.2, 0.25) is 0 Å². The average molecular weight is 283 g/mol. The summed E-state index contributed by atoms with van der Waals surface area (Å²) in [5, 5.41) is 0. The summed E-state index contributed by atoms with van der Waals surface area (Å²) in [4.78, 5) is 0. The zero-order chi connectivity index (χ0) is 13.8. The zero-order valence-corrected chi connectivity index (χ0v) is 9.98. The highest BCUT2D eigenvalue weighted by Crippen LogP contribution is 2.16. The second kappa shape index (κ2) is 5.55. The lowest BCUT2D eigenvalue weighted by Gasteiger charge is -2.13. The van der Waals surface area contributed by atoms with Crippen LogP contribution in [0, 0.1) is 0 Å². The molecule has 0 aliphatic carbocycles. The minimum Gasteiger partial charge on any atom is -0.326 e. The first kappa shape index (κ1) is 14.7. The lowest BCUT2D eigenvalue weighted by molar-refractivity contribution is -0.121. The molecule has 0 saturated heterocycles. The molecule has 0 unspecified atom stereocenters. The van der Waals surface area contributed by atoms with E-state index in [0.717, 1.165) is 0 Å². The maximum Gasteiger partial charge on any atom is 0.402 e. The van der Waals surface area contributed by atoms with E-state index in [4.69, 9.17) is 5.73 Å². The van der Waals surface area contributed by atoms with Gasteiger partial charge in [0.05, 0.1) is 5.69 Å². The van der Waals surface area contributed by atoms with Crippen molar-refractivity contribution in [2.45, 2.75) is 12.7 Å². The second-order valence-corrected chi connectivity index (χ2v) is 4.90. The van der Waals surface area contributed by atoms with Gasteiger partial charge < -0.3 is 5.73 Å². The summed E-state index contributed by atoms with van der Waals surface area (Å²) in [6.45, 7) is -1.56. The minimum absolute atomic E-state index is 0.0674. The van der Waals surface area contributed by atoms with Crippen molar-refractivity contribution in [3.8, 4) is 0 Å². The standard InChI is InChI=1S/C9H12F3N3O2S/c10-9(11,12)6-14-18(16,17)15-8-4-2-1-3-7(8)5-13/h1-4,14-15H,5-6,13H2. The van der Waals surface area contributed by atoms with Gasteiger partial charge in [0, 0.05) is 6.54 Å². The number of anilines is 1. The molecule has 0 amide bonds. The number of halogens is 3. The van der Waals surface area contributed by atoms with E-state index in [9.17, 15) is 21.6 Å². The minimum atomic E-state index is -4.61. The van der Waals surface area contributed by atoms with E-state index in [-0.39, 0.29) is 12.2 Å². The monoisotopic (exact) mass is 283 g/mol. The van der Waals surface area contributed by atoms with Crippen LogP contribution in [0.1, 0.15) is 5.56 Å². The normalized spacial score (nSPS) is 12.4. The molecule has 0 aromatic heterocycles. The number of alkyl halides is 3. The van der Waals surface area contributed by atoms with E-state index in [1.54, 1.807) is 18.2 Å². The molecular formula is C9H12F3N3O2S. The van der Waals surface area contributed by atoms with Crippen LogP contribution in [0.15, 0.2) is 24.3 Å². The van der Waals surface area contributed by atoms with Crippen molar-refractivity contribution in [3.63, 3.8) is 0 Å². The van der Waals surface area contributed by atoms with Crippen LogP contribution in [0.2, 0.25) is 0 Å². The summed E-state index contributed by atoms with van der Waals surface area (Å²) in [6.07, 6.45) is -4.61. The van der Waals surface area contributed by atoms with E-state index < -0.39 is 22.9 Å². The van der Waals surface area contributed by atoms with Gasteiger partial charge in [-0.1, -0.05) is 18.2 Å². The third-order valence-electron chi connectivity index (χ3n) is 1.94. The third kappa shape index (κ3) is 4.90. The smallest absolute Gasteiger partial charge is 0.326 e. The lowest BCUT2D eigenvalue weighted by atomic mass is 10.2. The number of nitrogens with two attached hydrogens (primary N) is 1. The van der Waals surface area contributed by atoms with Crippen LogP contribution in [-0.2, 0) is 16.8 Å². The first-order chi connectivity index (χ1) is 8.23. The fourth-order valence-corrected chi connectivity index (χ4v) is 2.07. The number of para-hydroxylation sites is 1. The van der Waals surface area contributed by atoms with Crippen LogP contribution in [0.3, 0.4) is 0 Å². The second-order valence-electron chi connectivity index (χ2n) is 3.40. The summed E-state index contributed by atoms with van der Waals surface area (Å²) in [6, 6.07) is 6.17. The highest BCUT2D eigenvalue weighted by molar-refractivity contribution is 7.90. The van der Waals surface area contributed by atoms with E-state index in [0.29, 0.717) is 5.56 Å². The SMILES string of the molecule is NCc1ccccc1NS(=O)(=O)NCC(F)(F)F. The molecule has 1 aromatic rings. The molecule has 5 nitrogen and oxygen atoms in total. The molecule has 4 N–H and O–H groups in total. The van der Waals surface area contributed by atoms with Gasteiger partial charge in [-0.2, -0.15) is 26.3 Å². The van der Waals surface area contributed by atoms with Crippen molar-refractivity contribution in [1.29, 1.82) is 0 Å². The summed E-state index contributed by atoms with van der Waals surface area (Å²) < 4.78 is 61.8. The van der Waals surface area contributed by atoms with E-state index in [1.807, 2.05) is 4.72 Å². The maximum absolute atomic E-state index is 11.9. The number of hydrogen-bond acceptors (Lipinski definition) is 3. The molecule has 0 radical (unpaired) electrons. The summed E-state index contributed by atoms with van der Waals surface area (Å²) in [7, 11) is -4.28. The highest BCUT2D eigenvalue weighted by atomic mass is 32.2. The molecule has 1 aromatic carbocycles. The van der Waals surface area contributed by atoms with Crippen molar-refractivity contribution in [3.05, 3.63) is 29.8 Å². The topological polar surface area (TPSA) is 84.2 Å². The van der Waals surface area contributed by atoms with Gasteiger partial charge in [-0.3, -0.25) is 4.72 Å². The molecule has 1 rings (SSSR count). The highest BCUT2D eigenvalue weighted by Gasteiger charge is 2.29. The molecule has 0 heterocycles. The van der Waals surface area contributed by atoms with Crippen molar-refractivity contribution >= 4 is 15.9 Å². The van der Waals surface area contributed by atoms with Gasteiger partial charge in [-0.25, -0.2) is 0 Å². The Hall–Kier alpha value is -1.32. The Balaban J connectivity index is 2.77. The molecule has 0 aliphatic heterocycles. The molecule has 102 valence electrons. The molecule has 0 fully saturated rings. The lowest BCUT2D eigenvalue weighted by Crippen LogP contribution is -2.37. The largest absolute Gasteiger partial charge is 0.402 e. The van der Waals surface area contributed by atoms with Crippen molar-refractivity contribution < 1.29 is 21.6 Å². The molecule has 9 heteroatoms. The van der Waals surface area contributed by atoms with Crippen LogP contribution in [0.5, 0.6) is 0 Å². The predicted molar refractivity (Wildman–Crippen MR) is 60.9 cm³/mol. The Kier molecular flexibility index (Phi) is 4.54. The quantitative estimate of drug-likeness (QED) is 0.752. The van der Waals surface area contributed by atoms with Gasteiger partial charge in [0.25, 0.3) is 10.2 Å². The molecule has 0 saturated carbocycles. The van der Waals surface area contributed by atoms with Crippen molar-refractivity contribution in [2.75, 3.05) is 11.3 Å². The van der Waals surface area contributed by atoms with Gasteiger partial charge in [-0.05, 0) is 11.6 Å².